The first-order valence-corrected chi connectivity index (χ1v) is 13.2. The summed E-state index contributed by atoms with van der Waals surface area (Å²) in [5, 5.41) is 19.1. The molecule has 0 saturated heterocycles. The van der Waals surface area contributed by atoms with Crippen molar-refractivity contribution in [2.45, 2.75) is 24.2 Å². The summed E-state index contributed by atoms with van der Waals surface area (Å²) in [4.78, 5) is 9.35. The van der Waals surface area contributed by atoms with Crippen molar-refractivity contribution in [3.63, 3.8) is 0 Å². The maximum absolute atomic E-state index is 13.3. The Morgan fingerprint density at radius 1 is 1.14 bits per heavy atom. The molecule has 5 rings (SSSR count). The maximum Gasteiger partial charge on any atom is 0.212 e. The van der Waals surface area contributed by atoms with Gasteiger partial charge < -0.3 is 10.1 Å². The SMILES string of the molecule is CC.Cn1cc(-c2nc(-c3ccc(F)nc3)ccc2Oc2ccc(SNC3NC=CS3)cc2C#N)cn1. The third-order valence-corrected chi connectivity index (χ3v) is 6.78. The van der Waals surface area contributed by atoms with E-state index in [-0.39, 0.29) is 5.50 Å². The van der Waals surface area contributed by atoms with Crippen LogP contribution in [0.3, 0.4) is 0 Å². The van der Waals surface area contributed by atoms with E-state index in [1.807, 2.05) is 44.8 Å². The van der Waals surface area contributed by atoms with Crippen LogP contribution in [0.1, 0.15) is 19.4 Å². The van der Waals surface area contributed by atoms with E-state index in [2.05, 4.69) is 26.2 Å². The summed E-state index contributed by atoms with van der Waals surface area (Å²) in [6.45, 7) is 4.00. The van der Waals surface area contributed by atoms with E-state index < -0.39 is 5.95 Å². The van der Waals surface area contributed by atoms with E-state index in [4.69, 9.17) is 9.72 Å². The fourth-order valence-corrected chi connectivity index (χ4v) is 4.76. The molecule has 4 heterocycles. The van der Waals surface area contributed by atoms with E-state index in [9.17, 15) is 9.65 Å². The molecule has 0 amide bonds. The number of nitrogens with zero attached hydrogens (tertiary/aromatic N) is 5. The van der Waals surface area contributed by atoms with Crippen molar-refractivity contribution in [2.75, 3.05) is 0 Å². The number of halogens is 1. The van der Waals surface area contributed by atoms with Crippen molar-refractivity contribution in [1.29, 1.82) is 5.26 Å². The van der Waals surface area contributed by atoms with Gasteiger partial charge in [-0.15, -0.1) is 0 Å². The van der Waals surface area contributed by atoms with Crippen LogP contribution in [0, 0.1) is 17.3 Å². The third kappa shape index (κ3) is 6.48. The number of nitrogens with one attached hydrogen (secondary N) is 2. The average molecular weight is 534 g/mol. The molecule has 1 aliphatic heterocycles. The normalized spacial score (nSPS) is 13.9. The summed E-state index contributed by atoms with van der Waals surface area (Å²) in [5.41, 5.74) is 3.02. The van der Waals surface area contributed by atoms with Gasteiger partial charge in [0.05, 0.1) is 17.5 Å². The van der Waals surface area contributed by atoms with Crippen LogP contribution in [-0.2, 0) is 7.05 Å². The molecule has 8 nitrogen and oxygen atoms in total. The summed E-state index contributed by atoms with van der Waals surface area (Å²) in [6.07, 6.45) is 6.82. The molecule has 3 aromatic heterocycles. The molecule has 37 heavy (non-hydrogen) atoms. The molecule has 1 aromatic carbocycles. The largest absolute Gasteiger partial charge is 0.454 e. The molecule has 1 atom stereocenters. The van der Waals surface area contributed by atoms with Gasteiger partial charge in [-0.25, -0.2) is 14.7 Å². The number of aryl methyl sites for hydroxylation is 1. The number of ether oxygens (including phenoxy) is 1. The highest BCUT2D eigenvalue weighted by atomic mass is 32.2. The molecule has 0 spiro atoms. The molecule has 0 bridgehead atoms. The lowest BCUT2D eigenvalue weighted by atomic mass is 10.1. The zero-order valence-electron chi connectivity index (χ0n) is 20.3. The van der Waals surface area contributed by atoms with Gasteiger partial charge in [0.15, 0.2) is 5.75 Å². The second-order valence-electron chi connectivity index (χ2n) is 7.39. The van der Waals surface area contributed by atoms with Crippen LogP contribution in [0.15, 0.2) is 77.6 Å². The summed E-state index contributed by atoms with van der Waals surface area (Å²) in [6, 6.07) is 14.1. The number of thioether (sulfide) groups is 1. The molecule has 1 unspecified atom stereocenters. The van der Waals surface area contributed by atoms with Crippen molar-refractivity contribution in [1.82, 2.24) is 29.8 Å². The number of nitriles is 1. The Bertz CT molecular complexity index is 1430. The van der Waals surface area contributed by atoms with Crippen molar-refractivity contribution >= 4 is 23.7 Å². The topological polar surface area (TPSA) is 101 Å². The minimum Gasteiger partial charge on any atom is -0.454 e. The lowest BCUT2D eigenvalue weighted by molar-refractivity contribution is 0.480. The highest BCUT2D eigenvalue weighted by molar-refractivity contribution is 8.04. The number of hydrogen-bond donors (Lipinski definition) is 2. The zero-order valence-corrected chi connectivity index (χ0v) is 22.0. The molecule has 2 N–H and O–H groups in total. The van der Waals surface area contributed by atoms with Gasteiger partial charge in [-0.05, 0) is 59.8 Å². The van der Waals surface area contributed by atoms with Crippen LogP contribution >= 0.6 is 23.7 Å². The van der Waals surface area contributed by atoms with Crippen LogP contribution in [-0.4, -0.2) is 25.2 Å². The first-order valence-electron chi connectivity index (χ1n) is 11.4. The smallest absolute Gasteiger partial charge is 0.212 e. The second-order valence-corrected chi connectivity index (χ2v) is 9.32. The van der Waals surface area contributed by atoms with Crippen LogP contribution in [0.2, 0.25) is 0 Å². The predicted octanol–water partition coefficient (Wildman–Crippen LogP) is 6.06. The maximum atomic E-state index is 13.3. The van der Waals surface area contributed by atoms with Crippen LogP contribution < -0.4 is 14.8 Å². The van der Waals surface area contributed by atoms with Crippen molar-refractivity contribution in [3.8, 4) is 40.1 Å². The van der Waals surface area contributed by atoms with Crippen LogP contribution in [0.4, 0.5) is 4.39 Å². The quantitative estimate of drug-likeness (QED) is 0.217. The Hall–Kier alpha value is -3.85. The highest BCUT2D eigenvalue weighted by Crippen LogP contribution is 2.36. The van der Waals surface area contributed by atoms with Gasteiger partial charge in [0.2, 0.25) is 5.95 Å². The van der Waals surface area contributed by atoms with Crippen molar-refractivity contribution in [3.05, 3.63) is 84.2 Å². The molecular formula is C26H24FN7OS2. The minimum absolute atomic E-state index is 0.0735. The zero-order chi connectivity index (χ0) is 26.2. The van der Waals surface area contributed by atoms with Gasteiger partial charge in [-0.1, -0.05) is 25.6 Å². The monoisotopic (exact) mass is 533 g/mol. The van der Waals surface area contributed by atoms with Crippen LogP contribution in [0.25, 0.3) is 22.5 Å². The van der Waals surface area contributed by atoms with Crippen molar-refractivity contribution in [2.24, 2.45) is 7.05 Å². The third-order valence-electron chi connectivity index (χ3n) is 4.97. The van der Waals surface area contributed by atoms with E-state index in [1.165, 1.54) is 24.2 Å². The Balaban J connectivity index is 0.00000156. The van der Waals surface area contributed by atoms with Gasteiger partial charge in [-0.2, -0.15) is 14.8 Å². The van der Waals surface area contributed by atoms with E-state index in [0.717, 1.165) is 10.5 Å². The van der Waals surface area contributed by atoms with Gasteiger partial charge >= 0.3 is 0 Å². The summed E-state index contributed by atoms with van der Waals surface area (Å²) < 4.78 is 24.4. The van der Waals surface area contributed by atoms with Gasteiger partial charge in [0, 0.05) is 41.7 Å². The summed E-state index contributed by atoms with van der Waals surface area (Å²) >= 11 is 3.06. The van der Waals surface area contributed by atoms with Crippen molar-refractivity contribution < 1.29 is 9.13 Å². The molecular weight excluding hydrogens is 509 g/mol. The number of rotatable bonds is 7. The molecule has 1 aliphatic rings. The Morgan fingerprint density at radius 2 is 1.97 bits per heavy atom. The lowest BCUT2D eigenvalue weighted by Gasteiger charge is -2.14. The van der Waals surface area contributed by atoms with E-state index in [1.54, 1.807) is 53.0 Å². The molecule has 0 aliphatic carbocycles. The number of benzene rings is 1. The molecule has 11 heteroatoms. The van der Waals surface area contributed by atoms with E-state index in [0.29, 0.717) is 34.0 Å². The first kappa shape index (κ1) is 26.2. The Kier molecular flexibility index (Phi) is 8.79. The van der Waals surface area contributed by atoms with Gasteiger partial charge in [0.1, 0.15) is 23.0 Å². The van der Waals surface area contributed by atoms with E-state index >= 15 is 0 Å². The van der Waals surface area contributed by atoms with Crippen LogP contribution in [0.5, 0.6) is 11.5 Å². The second kappa shape index (κ2) is 12.4. The average Bonchev–Trinajstić information content (AvgIpc) is 3.62. The molecule has 4 aromatic rings. The Morgan fingerprint density at radius 3 is 2.65 bits per heavy atom. The lowest BCUT2D eigenvalue weighted by Crippen LogP contribution is -2.28. The number of hydrogen-bond acceptors (Lipinski definition) is 9. The Labute approximate surface area is 223 Å². The fourth-order valence-electron chi connectivity index (χ4n) is 3.30. The van der Waals surface area contributed by atoms with Gasteiger partial charge in [0.25, 0.3) is 0 Å². The molecule has 0 saturated carbocycles. The number of pyridine rings is 2. The summed E-state index contributed by atoms with van der Waals surface area (Å²) in [5.74, 6) is 0.316. The van der Waals surface area contributed by atoms with Gasteiger partial charge in [-0.3, -0.25) is 4.68 Å². The molecule has 0 fully saturated rings. The summed E-state index contributed by atoms with van der Waals surface area (Å²) in [7, 11) is 1.81. The molecule has 0 radical (unpaired) electrons. The standard InChI is InChI=1S/C24H18FN7OS2.C2H6/c1-32-14-17(13-29-32)23-21(6-4-19(30-23)15-2-7-22(25)28-12-15)33-20-5-3-18(10-16(20)11-26)35-31-24-27-8-9-34-24;1-2/h2-10,12-14,24,27,31H,1H3;1-2H3. The minimum atomic E-state index is -0.558. The molecule has 188 valence electrons. The highest BCUT2D eigenvalue weighted by Gasteiger charge is 2.16. The predicted molar refractivity (Wildman–Crippen MR) is 145 cm³/mol. The number of aromatic nitrogens is 4. The first-order chi connectivity index (χ1) is 18.1. The fraction of sp³-hybridized carbons (Fsp3) is 0.154.